The number of aldehydes is 2. The van der Waals surface area contributed by atoms with Crippen molar-refractivity contribution in [1.29, 1.82) is 0 Å². The predicted molar refractivity (Wildman–Crippen MR) is 494 cm³/mol. The summed E-state index contributed by atoms with van der Waals surface area (Å²) in [6, 6.07) is 73.8. The van der Waals surface area contributed by atoms with Crippen molar-refractivity contribution in [2.45, 2.75) is 65.6 Å². The molecular formula is C99H98F4N15O16+. The molecule has 1 aliphatic carbocycles. The Kier molecular flexibility index (Phi) is 38.0. The molecule has 0 saturated carbocycles. The Labute approximate surface area is 769 Å². The normalized spacial score (nSPS) is 10.8. The van der Waals surface area contributed by atoms with Gasteiger partial charge in [0, 0.05) is 62.1 Å². The number of carbonyl (C=O) groups excluding carboxylic acids is 6. The van der Waals surface area contributed by atoms with Crippen LogP contribution in [0.15, 0.2) is 284 Å². The summed E-state index contributed by atoms with van der Waals surface area (Å²) < 4.78 is 104. The molecule has 0 atom stereocenters. The summed E-state index contributed by atoms with van der Waals surface area (Å²) in [4.78, 5) is 69.1. The number of nitrogen functional groups attached to an aromatic ring is 1. The number of anilines is 5. The van der Waals surface area contributed by atoms with E-state index in [9.17, 15) is 51.4 Å². The lowest BCUT2D eigenvalue weighted by Crippen LogP contribution is -2.14. The summed E-state index contributed by atoms with van der Waals surface area (Å²) in [5.74, 6) is 3.45. The molecule has 1 amide bonds. The first-order valence-corrected chi connectivity index (χ1v) is 41.1. The van der Waals surface area contributed by atoms with Crippen LogP contribution in [0.5, 0.6) is 28.7 Å². The molecule has 0 unspecified atom stereocenters. The second kappa shape index (κ2) is 51.3. The molecule has 14 aromatic rings. The van der Waals surface area contributed by atoms with E-state index in [2.05, 4.69) is 57.6 Å². The van der Waals surface area contributed by atoms with E-state index in [0.29, 0.717) is 98.8 Å². The van der Waals surface area contributed by atoms with Crippen LogP contribution < -0.4 is 50.7 Å². The second-order valence-electron chi connectivity index (χ2n) is 28.7. The van der Waals surface area contributed by atoms with E-state index in [1.54, 1.807) is 98.1 Å². The highest BCUT2D eigenvalue weighted by atomic mass is 19.1. The van der Waals surface area contributed by atoms with Gasteiger partial charge in [0.2, 0.25) is 12.1 Å². The standard InChI is InChI=1S/C21H21N3O5.C20H20FN3O3.C19H20FN3O2.C19H18FN3O2.C13H15N3O3.C7H4FO/c1-27-17-10-8-15(9-11-17)13-24-18(20(25)28-2)12-19(23-24)22-21(26)29-14-16-6-4-3-5-7-16;1-26-17-9-5-15(6-10-17)13-24-18(20(25)27-2)11-19(23-24)22-12-14-3-7-16(21)8-4-14;2*1-25-18-8-4-15(5-9-18)12-23-17(13-24)10-19(22-23)21-11-14-2-6-16(20)7-3-14;1-18-10-5-3-9(4-6-10)8-16-11(13(17)19-2)7-12(14)15-16;8-7-3-1-6(5-9)2-4-7/h3-12H,13-14H2,1-2H3,(H,22,23,26);3-11H,12-13H2,1-2H3,(H,22,23);2-10,24H,11-13H2,1H3,(H,21,22);2-10,13H,11-12H2,1H3,(H,21,22);3-7H,8H2,1-2H3,(H2,14,15);1,3-5H/q;;;;;+1. The average molecular weight is 1830 g/mol. The van der Waals surface area contributed by atoms with Crippen LogP contribution in [0.4, 0.5) is 51.4 Å². The van der Waals surface area contributed by atoms with Crippen molar-refractivity contribution in [3.05, 3.63) is 386 Å². The lowest BCUT2D eigenvalue weighted by molar-refractivity contribution is -0.104. The SMILES string of the molecule is COC(=O)c1cc(N)nn1Cc1ccc(OC)cc1.COC(=O)c1cc(NC(=O)OCc2ccccc2)nn1Cc1ccc(OC)cc1.COC(=O)c1cc(NCc2ccc(F)cc2)nn1Cc1ccc(OC)cc1.COc1ccc(Cn2nc(NCc3ccc(F)cc3)cc2C=O)cc1.COc1ccc(Cn2nc(NCc3ccc(F)cc3)cc2CO)cc1.O=CC1=[C+]C=C(F)C=C1. The third-order valence-electron chi connectivity index (χ3n) is 19.5. The highest BCUT2D eigenvalue weighted by molar-refractivity contribution is 5.91. The van der Waals surface area contributed by atoms with Crippen LogP contribution in [0, 0.1) is 23.5 Å². The monoisotopic (exact) mass is 1830 g/mol. The molecule has 0 aliphatic heterocycles. The fraction of sp³-hybridized carbons (Fsp3) is 0.182. The molecule has 9 aromatic carbocycles. The van der Waals surface area contributed by atoms with E-state index in [-0.39, 0.29) is 53.8 Å². The largest absolute Gasteiger partial charge is 0.497 e. The van der Waals surface area contributed by atoms with Gasteiger partial charge in [-0.25, -0.2) is 37.1 Å². The number of nitrogens with zero attached hydrogens (tertiary/aromatic N) is 10. The zero-order valence-electron chi connectivity index (χ0n) is 74.3. The Morgan fingerprint density at radius 2 is 0.716 bits per heavy atom. The molecule has 0 radical (unpaired) electrons. The molecule has 0 saturated heterocycles. The van der Waals surface area contributed by atoms with E-state index in [1.165, 1.54) is 91.4 Å². The number of aliphatic hydroxyl groups excluding tert-OH is 1. The molecule has 5 heterocycles. The summed E-state index contributed by atoms with van der Waals surface area (Å²) in [5.41, 5.74) is 16.6. The van der Waals surface area contributed by atoms with Crippen LogP contribution >= 0.6 is 0 Å². The first-order chi connectivity index (χ1) is 65.0. The van der Waals surface area contributed by atoms with E-state index in [0.717, 1.165) is 96.9 Å². The summed E-state index contributed by atoms with van der Waals surface area (Å²) in [6.07, 6.45) is 6.91. The van der Waals surface area contributed by atoms with Gasteiger partial charge in [-0.15, -0.1) is 4.39 Å². The second-order valence-corrected chi connectivity index (χ2v) is 28.7. The van der Waals surface area contributed by atoms with Crippen LogP contribution in [0.2, 0.25) is 0 Å². The molecule has 134 heavy (non-hydrogen) atoms. The maximum Gasteiger partial charge on any atom is 0.413 e. The number of rotatable bonds is 33. The number of ether oxygens (including phenoxy) is 9. The molecule has 5 aromatic heterocycles. The number of hydrogen-bond acceptors (Lipinski definition) is 25. The molecular weight excluding hydrogens is 1730 g/mol. The number of hydrogen-bond donors (Lipinski definition) is 6. The molecule has 1 aliphatic rings. The van der Waals surface area contributed by atoms with Crippen molar-refractivity contribution in [3.8, 4) is 28.7 Å². The number of allylic oxidation sites excluding steroid dienone is 6. The number of carbonyl (C=O) groups is 6. The summed E-state index contributed by atoms with van der Waals surface area (Å²) in [7, 11) is 12.0. The number of methoxy groups -OCH3 is 8. The quantitative estimate of drug-likeness (QED) is 0.00731. The Hall–Kier alpha value is -16.9. The molecule has 692 valence electrons. The number of halogens is 4. The van der Waals surface area contributed by atoms with Gasteiger partial charge < -0.3 is 69.4 Å². The van der Waals surface area contributed by atoms with Crippen LogP contribution in [0.1, 0.15) is 97.7 Å². The third-order valence-corrected chi connectivity index (χ3v) is 19.5. The van der Waals surface area contributed by atoms with Crippen molar-refractivity contribution >= 4 is 65.7 Å². The zero-order valence-corrected chi connectivity index (χ0v) is 74.3. The van der Waals surface area contributed by atoms with Gasteiger partial charge in [-0.1, -0.05) is 127 Å². The van der Waals surface area contributed by atoms with Gasteiger partial charge in [-0.3, -0.25) is 33.5 Å². The number of amides is 1. The molecule has 35 heteroatoms. The van der Waals surface area contributed by atoms with Gasteiger partial charge in [0.25, 0.3) is 0 Å². The highest BCUT2D eigenvalue weighted by Gasteiger charge is 2.22. The zero-order chi connectivity index (χ0) is 95.7. The molecule has 31 nitrogen and oxygen atoms in total. The Morgan fingerprint density at radius 3 is 1.08 bits per heavy atom. The maximum atomic E-state index is 13.0. The predicted octanol–water partition coefficient (Wildman–Crippen LogP) is 16.3. The van der Waals surface area contributed by atoms with Crippen molar-refractivity contribution in [1.82, 2.24) is 48.9 Å². The number of benzene rings is 9. The van der Waals surface area contributed by atoms with Gasteiger partial charge in [-0.05, 0) is 147 Å². The summed E-state index contributed by atoms with van der Waals surface area (Å²) in [5, 5.41) is 43.3. The third kappa shape index (κ3) is 31.2. The number of aromatic nitrogens is 10. The average Bonchev–Trinajstić information content (AvgIpc) is 1.70. The van der Waals surface area contributed by atoms with Crippen molar-refractivity contribution in [2.75, 3.05) is 83.9 Å². The van der Waals surface area contributed by atoms with Crippen LogP contribution in [0.25, 0.3) is 0 Å². The first-order valence-electron chi connectivity index (χ1n) is 41.1. The summed E-state index contributed by atoms with van der Waals surface area (Å²) >= 11 is 0. The minimum absolute atomic E-state index is 0.0959. The van der Waals surface area contributed by atoms with E-state index in [1.807, 2.05) is 158 Å². The molecule has 0 spiro atoms. The van der Waals surface area contributed by atoms with Crippen LogP contribution in [-0.4, -0.2) is 147 Å². The first kappa shape index (κ1) is 99.2. The smallest absolute Gasteiger partial charge is 0.413 e. The van der Waals surface area contributed by atoms with Crippen molar-refractivity contribution < 1.29 is 94.1 Å². The summed E-state index contributed by atoms with van der Waals surface area (Å²) in [6.45, 7) is 3.72. The van der Waals surface area contributed by atoms with Crippen molar-refractivity contribution in [3.63, 3.8) is 0 Å². The Balaban J connectivity index is 0.000000170. The molecule has 0 fully saturated rings. The van der Waals surface area contributed by atoms with Gasteiger partial charge in [0.05, 0.1) is 108 Å². The minimum Gasteiger partial charge on any atom is -0.497 e. The molecule has 0 bridgehead atoms. The van der Waals surface area contributed by atoms with Gasteiger partial charge in [0.1, 0.15) is 105 Å². The van der Waals surface area contributed by atoms with Gasteiger partial charge in [0.15, 0.2) is 17.7 Å². The maximum absolute atomic E-state index is 13.0. The van der Waals surface area contributed by atoms with Crippen LogP contribution in [-0.2, 0) is 89.3 Å². The fourth-order valence-corrected chi connectivity index (χ4v) is 12.4. The number of esters is 3. The number of aliphatic hydroxyl groups is 1. The van der Waals surface area contributed by atoms with Gasteiger partial charge in [-0.2, -0.15) is 25.5 Å². The lowest BCUT2D eigenvalue weighted by atomic mass is 10.2. The number of nitrogens with two attached hydrogens (primary N) is 1. The Morgan fingerprint density at radius 1 is 0.381 bits per heavy atom. The van der Waals surface area contributed by atoms with E-state index < -0.39 is 24.0 Å². The Bertz CT molecular complexity index is 6210. The fourth-order valence-electron chi connectivity index (χ4n) is 12.4. The van der Waals surface area contributed by atoms with Crippen LogP contribution in [0.3, 0.4) is 0 Å². The highest BCUT2D eigenvalue weighted by Crippen LogP contribution is 2.24. The van der Waals surface area contributed by atoms with E-state index >= 15 is 0 Å². The molecule has 15 rings (SSSR count). The minimum atomic E-state index is -0.667. The van der Waals surface area contributed by atoms with E-state index in [4.69, 9.17) is 43.6 Å². The lowest BCUT2D eigenvalue weighted by Gasteiger charge is -2.07. The number of nitrogens with one attached hydrogen (secondary N) is 4. The topological polar surface area (TPSA) is 369 Å². The van der Waals surface area contributed by atoms with Gasteiger partial charge >= 0.3 is 24.0 Å². The van der Waals surface area contributed by atoms with Crippen molar-refractivity contribution in [2.24, 2.45) is 0 Å². The molecule has 7 N–H and O–H groups in total.